The molecule has 7 heteroatoms. The SMILES string of the molecule is c1cc2nncn2nc1N1CCC(N2CCSCC2)CC1. The van der Waals surface area contributed by atoms with Gasteiger partial charge in [-0.25, -0.2) is 0 Å². The van der Waals surface area contributed by atoms with Crippen LogP contribution < -0.4 is 4.90 Å². The van der Waals surface area contributed by atoms with Gasteiger partial charge in [0.2, 0.25) is 0 Å². The number of piperidine rings is 1. The van der Waals surface area contributed by atoms with Gasteiger partial charge in [-0.15, -0.1) is 15.3 Å². The highest BCUT2D eigenvalue weighted by atomic mass is 32.2. The number of nitrogens with zero attached hydrogens (tertiary/aromatic N) is 6. The van der Waals surface area contributed by atoms with Gasteiger partial charge in [-0.3, -0.25) is 4.90 Å². The summed E-state index contributed by atoms with van der Waals surface area (Å²) in [6.07, 6.45) is 4.15. The molecular formula is C14H20N6S. The maximum atomic E-state index is 4.60. The number of hydrogen-bond acceptors (Lipinski definition) is 6. The van der Waals surface area contributed by atoms with Gasteiger partial charge in [0, 0.05) is 43.7 Å². The van der Waals surface area contributed by atoms with Gasteiger partial charge in [0.05, 0.1) is 0 Å². The van der Waals surface area contributed by atoms with Crippen molar-refractivity contribution in [1.82, 2.24) is 24.7 Å². The van der Waals surface area contributed by atoms with Crippen molar-refractivity contribution in [3.05, 3.63) is 18.5 Å². The fourth-order valence-electron chi connectivity index (χ4n) is 3.29. The first-order chi connectivity index (χ1) is 10.4. The lowest BCUT2D eigenvalue weighted by molar-refractivity contribution is 0.185. The molecule has 0 saturated carbocycles. The highest BCUT2D eigenvalue weighted by Crippen LogP contribution is 2.23. The van der Waals surface area contributed by atoms with E-state index >= 15 is 0 Å². The molecule has 2 fully saturated rings. The van der Waals surface area contributed by atoms with E-state index in [1.807, 2.05) is 6.07 Å². The predicted molar refractivity (Wildman–Crippen MR) is 84.9 cm³/mol. The van der Waals surface area contributed by atoms with Gasteiger partial charge in [0.25, 0.3) is 0 Å². The van der Waals surface area contributed by atoms with Crippen LogP contribution in [0.4, 0.5) is 5.82 Å². The van der Waals surface area contributed by atoms with Crippen LogP contribution in [0.5, 0.6) is 0 Å². The Morgan fingerprint density at radius 2 is 1.86 bits per heavy atom. The first-order valence-electron chi connectivity index (χ1n) is 7.64. The minimum absolute atomic E-state index is 0.765. The van der Waals surface area contributed by atoms with Crippen molar-refractivity contribution >= 4 is 23.2 Å². The highest BCUT2D eigenvalue weighted by molar-refractivity contribution is 7.99. The molecule has 0 spiro atoms. The molecule has 0 N–H and O–H groups in total. The van der Waals surface area contributed by atoms with E-state index in [-0.39, 0.29) is 0 Å². The summed E-state index contributed by atoms with van der Waals surface area (Å²) in [5.74, 6) is 3.63. The molecule has 0 aromatic carbocycles. The zero-order valence-corrected chi connectivity index (χ0v) is 12.9. The Morgan fingerprint density at radius 3 is 2.67 bits per heavy atom. The van der Waals surface area contributed by atoms with Crippen LogP contribution in [0.1, 0.15) is 12.8 Å². The fourth-order valence-corrected chi connectivity index (χ4v) is 4.22. The van der Waals surface area contributed by atoms with Gasteiger partial charge in [-0.1, -0.05) is 0 Å². The van der Waals surface area contributed by atoms with E-state index in [9.17, 15) is 0 Å². The van der Waals surface area contributed by atoms with Gasteiger partial charge in [0.1, 0.15) is 12.1 Å². The van der Waals surface area contributed by atoms with E-state index in [4.69, 9.17) is 0 Å². The summed E-state index contributed by atoms with van der Waals surface area (Å²) in [6.45, 7) is 4.71. The summed E-state index contributed by atoms with van der Waals surface area (Å²) in [5.41, 5.74) is 0.805. The van der Waals surface area contributed by atoms with E-state index in [0.29, 0.717) is 0 Å². The lowest BCUT2D eigenvalue weighted by atomic mass is 10.0. The number of hydrogen-bond donors (Lipinski definition) is 0. The lowest BCUT2D eigenvalue weighted by Gasteiger charge is -2.40. The van der Waals surface area contributed by atoms with E-state index in [0.717, 1.165) is 30.6 Å². The molecule has 0 atom stereocenters. The zero-order valence-electron chi connectivity index (χ0n) is 12.1. The third-order valence-corrected chi connectivity index (χ3v) is 5.44. The van der Waals surface area contributed by atoms with Crippen molar-refractivity contribution in [2.45, 2.75) is 18.9 Å². The molecule has 0 radical (unpaired) electrons. The Bertz CT molecular complexity index is 600. The second-order valence-corrected chi connectivity index (χ2v) is 6.92. The van der Waals surface area contributed by atoms with Crippen molar-refractivity contribution in [1.29, 1.82) is 0 Å². The summed E-state index contributed by atoms with van der Waals surface area (Å²) in [4.78, 5) is 5.07. The Kier molecular flexibility index (Phi) is 3.69. The second kappa shape index (κ2) is 5.81. The Labute approximate surface area is 128 Å². The lowest BCUT2D eigenvalue weighted by Crippen LogP contribution is -2.48. The summed E-state index contributed by atoms with van der Waals surface area (Å²) in [5, 5.41) is 12.5. The van der Waals surface area contributed by atoms with Gasteiger partial charge in [0.15, 0.2) is 5.65 Å². The average Bonchev–Trinajstić information content (AvgIpc) is 3.03. The van der Waals surface area contributed by atoms with Gasteiger partial charge in [-0.05, 0) is 25.0 Å². The topological polar surface area (TPSA) is 49.6 Å². The van der Waals surface area contributed by atoms with E-state index < -0.39 is 0 Å². The normalized spacial score (nSPS) is 22.0. The van der Waals surface area contributed by atoms with Crippen LogP contribution in [-0.2, 0) is 0 Å². The molecule has 2 aromatic rings. The standard InChI is InChI=1S/C14H20N6S/c1-2-14(17-20-11-15-16-13(1)20)19-5-3-12(4-6-19)18-7-9-21-10-8-18/h1-2,11-12H,3-10H2. The molecule has 21 heavy (non-hydrogen) atoms. The molecule has 2 aliphatic rings. The number of thioether (sulfide) groups is 1. The second-order valence-electron chi connectivity index (χ2n) is 5.69. The number of fused-ring (bicyclic) bond motifs is 1. The van der Waals surface area contributed by atoms with Crippen molar-refractivity contribution in [2.75, 3.05) is 42.6 Å². The Hall–Kier alpha value is -1.34. The molecule has 2 aliphatic heterocycles. The Morgan fingerprint density at radius 1 is 1.05 bits per heavy atom. The van der Waals surface area contributed by atoms with Crippen LogP contribution in [0.25, 0.3) is 5.65 Å². The van der Waals surface area contributed by atoms with Crippen LogP contribution in [0.15, 0.2) is 18.5 Å². The van der Waals surface area contributed by atoms with Crippen LogP contribution in [0, 0.1) is 0 Å². The van der Waals surface area contributed by atoms with Gasteiger partial charge in [-0.2, -0.15) is 16.3 Å². The van der Waals surface area contributed by atoms with Gasteiger partial charge >= 0.3 is 0 Å². The summed E-state index contributed by atoms with van der Waals surface area (Å²) in [6, 6.07) is 4.81. The van der Waals surface area contributed by atoms with Crippen LogP contribution in [0.3, 0.4) is 0 Å². The minimum Gasteiger partial charge on any atom is -0.355 e. The summed E-state index contributed by atoms with van der Waals surface area (Å²) >= 11 is 2.09. The summed E-state index contributed by atoms with van der Waals surface area (Å²) < 4.78 is 1.75. The van der Waals surface area contributed by atoms with Gasteiger partial charge < -0.3 is 4.90 Å². The van der Waals surface area contributed by atoms with Crippen LogP contribution in [-0.4, -0.2) is 68.4 Å². The van der Waals surface area contributed by atoms with Crippen molar-refractivity contribution in [3.63, 3.8) is 0 Å². The van der Waals surface area contributed by atoms with Crippen molar-refractivity contribution < 1.29 is 0 Å². The molecule has 0 amide bonds. The molecule has 0 bridgehead atoms. The molecule has 0 aliphatic carbocycles. The third kappa shape index (κ3) is 2.72. The predicted octanol–water partition coefficient (Wildman–Crippen LogP) is 1.14. The molecule has 0 unspecified atom stereocenters. The van der Waals surface area contributed by atoms with Crippen LogP contribution in [0.2, 0.25) is 0 Å². The highest BCUT2D eigenvalue weighted by Gasteiger charge is 2.26. The maximum Gasteiger partial charge on any atom is 0.177 e. The summed E-state index contributed by atoms with van der Waals surface area (Å²) in [7, 11) is 0. The van der Waals surface area contributed by atoms with Crippen LogP contribution >= 0.6 is 11.8 Å². The zero-order chi connectivity index (χ0) is 14.1. The van der Waals surface area contributed by atoms with E-state index in [2.05, 4.69) is 42.9 Å². The minimum atomic E-state index is 0.765. The molecule has 4 rings (SSSR count). The molecular weight excluding hydrogens is 284 g/mol. The molecule has 2 aromatic heterocycles. The number of anilines is 1. The first kappa shape index (κ1) is 13.3. The maximum absolute atomic E-state index is 4.60. The largest absolute Gasteiger partial charge is 0.355 e. The van der Waals surface area contributed by atoms with Crippen molar-refractivity contribution in [2.24, 2.45) is 0 Å². The number of aromatic nitrogens is 4. The third-order valence-electron chi connectivity index (χ3n) is 4.50. The molecule has 6 nitrogen and oxygen atoms in total. The first-order valence-corrected chi connectivity index (χ1v) is 8.79. The fraction of sp³-hybridized carbons (Fsp3) is 0.643. The molecule has 2 saturated heterocycles. The number of rotatable bonds is 2. The quantitative estimate of drug-likeness (QED) is 0.829. The Balaban J connectivity index is 1.42. The monoisotopic (exact) mass is 304 g/mol. The van der Waals surface area contributed by atoms with E-state index in [1.165, 1.54) is 37.4 Å². The molecule has 4 heterocycles. The smallest absolute Gasteiger partial charge is 0.177 e. The molecule has 112 valence electrons. The van der Waals surface area contributed by atoms with Crippen molar-refractivity contribution in [3.8, 4) is 0 Å². The van der Waals surface area contributed by atoms with E-state index in [1.54, 1.807) is 10.8 Å². The average molecular weight is 304 g/mol.